The molecule has 0 aliphatic carbocycles. The van der Waals surface area contributed by atoms with E-state index in [0.29, 0.717) is 0 Å². The fourth-order valence-electron chi connectivity index (χ4n) is 0.446. The Bertz CT molecular complexity index is 135. The number of aliphatic hydroxyl groups is 1. The fourth-order valence-corrected chi connectivity index (χ4v) is 0.446. The minimum Gasteiger partial charge on any atom is -0.386 e. The maximum Gasteiger partial charge on any atom is 0.411 e. The highest BCUT2D eigenvalue weighted by atomic mass is 19.4. The van der Waals surface area contributed by atoms with Crippen LogP contribution < -0.4 is 5.73 Å². The van der Waals surface area contributed by atoms with Crippen molar-refractivity contribution in [3.63, 3.8) is 0 Å². The first-order valence-corrected chi connectivity index (χ1v) is 3.34. The molecule has 0 aliphatic heterocycles. The second-order valence-electron chi connectivity index (χ2n) is 2.81. The highest BCUT2D eigenvalue weighted by Gasteiger charge is 2.29. The van der Waals surface area contributed by atoms with Gasteiger partial charge in [-0.05, 0) is 6.92 Å². The second-order valence-corrected chi connectivity index (χ2v) is 2.81. The van der Waals surface area contributed by atoms with E-state index in [1.54, 1.807) is 0 Å². The average molecular weight is 187 g/mol. The van der Waals surface area contributed by atoms with Gasteiger partial charge in [-0.15, -0.1) is 0 Å². The molecular weight excluding hydrogens is 175 g/mol. The molecule has 1 unspecified atom stereocenters. The SMILES string of the molecule is CC(O)(CN)COCC(F)(F)F. The van der Waals surface area contributed by atoms with E-state index >= 15 is 0 Å². The summed E-state index contributed by atoms with van der Waals surface area (Å²) in [4.78, 5) is 0. The number of alkyl halides is 3. The Labute approximate surface area is 68.3 Å². The maximum atomic E-state index is 11.5. The average Bonchev–Trinajstić information content (AvgIpc) is 1.84. The van der Waals surface area contributed by atoms with E-state index in [-0.39, 0.29) is 6.54 Å². The van der Waals surface area contributed by atoms with Gasteiger partial charge in [0.05, 0.1) is 12.2 Å². The van der Waals surface area contributed by atoms with Crippen molar-refractivity contribution in [3.8, 4) is 0 Å². The van der Waals surface area contributed by atoms with Crippen molar-refractivity contribution < 1.29 is 23.0 Å². The molecule has 0 saturated carbocycles. The third-order valence-electron chi connectivity index (χ3n) is 1.12. The number of nitrogens with two attached hydrogens (primary N) is 1. The van der Waals surface area contributed by atoms with Crippen LogP contribution in [0.5, 0.6) is 0 Å². The quantitative estimate of drug-likeness (QED) is 0.664. The van der Waals surface area contributed by atoms with Gasteiger partial charge in [0.2, 0.25) is 0 Å². The first kappa shape index (κ1) is 11.7. The summed E-state index contributed by atoms with van der Waals surface area (Å²) in [5.41, 5.74) is 3.66. The van der Waals surface area contributed by atoms with E-state index in [2.05, 4.69) is 4.74 Å². The summed E-state index contributed by atoms with van der Waals surface area (Å²) < 4.78 is 38.7. The molecule has 0 aliphatic rings. The number of hydrogen-bond acceptors (Lipinski definition) is 3. The predicted molar refractivity (Wildman–Crippen MR) is 36.6 cm³/mol. The lowest BCUT2D eigenvalue weighted by atomic mass is 10.1. The van der Waals surface area contributed by atoms with Crippen LogP contribution in [0.25, 0.3) is 0 Å². The molecule has 0 aromatic heterocycles. The van der Waals surface area contributed by atoms with E-state index in [1.165, 1.54) is 6.92 Å². The van der Waals surface area contributed by atoms with Gasteiger partial charge in [-0.1, -0.05) is 0 Å². The number of halogens is 3. The Balaban J connectivity index is 3.57. The first-order valence-electron chi connectivity index (χ1n) is 3.34. The Hall–Kier alpha value is -0.330. The van der Waals surface area contributed by atoms with Crippen LogP contribution in [0, 0.1) is 0 Å². The Morgan fingerprint density at radius 3 is 2.17 bits per heavy atom. The zero-order valence-electron chi connectivity index (χ0n) is 6.69. The van der Waals surface area contributed by atoms with E-state index < -0.39 is 25.0 Å². The molecule has 3 nitrogen and oxygen atoms in total. The smallest absolute Gasteiger partial charge is 0.386 e. The zero-order valence-corrected chi connectivity index (χ0v) is 6.69. The van der Waals surface area contributed by atoms with Gasteiger partial charge < -0.3 is 15.6 Å². The lowest BCUT2D eigenvalue weighted by molar-refractivity contribution is -0.184. The largest absolute Gasteiger partial charge is 0.411 e. The number of rotatable bonds is 4. The van der Waals surface area contributed by atoms with Gasteiger partial charge >= 0.3 is 6.18 Å². The summed E-state index contributed by atoms with van der Waals surface area (Å²) in [6.45, 7) is -0.597. The third kappa shape index (κ3) is 6.38. The van der Waals surface area contributed by atoms with Gasteiger partial charge in [0.1, 0.15) is 6.61 Å². The van der Waals surface area contributed by atoms with E-state index in [9.17, 15) is 13.2 Å². The molecular formula is C6H12F3NO2. The molecule has 0 fully saturated rings. The molecule has 0 bridgehead atoms. The standard InChI is InChI=1S/C6H12F3NO2/c1-5(11,2-10)3-12-4-6(7,8)9/h11H,2-4,10H2,1H3. The van der Waals surface area contributed by atoms with Crippen LogP contribution in [0.4, 0.5) is 13.2 Å². The molecule has 6 heteroatoms. The lowest BCUT2D eigenvalue weighted by Gasteiger charge is -2.20. The van der Waals surface area contributed by atoms with Gasteiger partial charge in [-0.2, -0.15) is 13.2 Å². The van der Waals surface area contributed by atoms with E-state index in [0.717, 1.165) is 0 Å². The van der Waals surface area contributed by atoms with Crippen molar-refractivity contribution in [2.75, 3.05) is 19.8 Å². The molecule has 0 aromatic carbocycles. The highest BCUT2D eigenvalue weighted by Crippen LogP contribution is 2.15. The molecule has 12 heavy (non-hydrogen) atoms. The second kappa shape index (κ2) is 4.06. The van der Waals surface area contributed by atoms with Gasteiger partial charge in [-0.3, -0.25) is 0 Å². The van der Waals surface area contributed by atoms with Crippen molar-refractivity contribution in [2.24, 2.45) is 5.73 Å². The number of ether oxygens (including phenoxy) is 1. The molecule has 0 saturated heterocycles. The monoisotopic (exact) mass is 187 g/mol. The van der Waals surface area contributed by atoms with Crippen LogP contribution in [-0.2, 0) is 4.74 Å². The van der Waals surface area contributed by atoms with Crippen molar-refractivity contribution >= 4 is 0 Å². The molecule has 0 radical (unpaired) electrons. The summed E-state index contributed by atoms with van der Waals surface area (Å²) >= 11 is 0. The summed E-state index contributed by atoms with van der Waals surface area (Å²) in [6.07, 6.45) is -4.36. The molecule has 1 atom stereocenters. The predicted octanol–water partition coefficient (Wildman–Crippen LogP) is 0.275. The van der Waals surface area contributed by atoms with Crippen LogP contribution in [0.1, 0.15) is 6.92 Å². The van der Waals surface area contributed by atoms with Gasteiger partial charge in [-0.25, -0.2) is 0 Å². The Morgan fingerprint density at radius 1 is 1.33 bits per heavy atom. The molecule has 0 aromatic rings. The molecule has 74 valence electrons. The topological polar surface area (TPSA) is 55.5 Å². The normalized spacial score (nSPS) is 17.5. The summed E-state index contributed by atoms with van der Waals surface area (Å²) in [7, 11) is 0. The van der Waals surface area contributed by atoms with Crippen molar-refractivity contribution in [2.45, 2.75) is 18.7 Å². The van der Waals surface area contributed by atoms with Crippen LogP contribution in [0.15, 0.2) is 0 Å². The van der Waals surface area contributed by atoms with Crippen LogP contribution in [0.2, 0.25) is 0 Å². The summed E-state index contributed by atoms with van der Waals surface area (Å²) in [6, 6.07) is 0. The zero-order chi connectivity index (χ0) is 9.83. The molecule has 0 heterocycles. The van der Waals surface area contributed by atoms with Crippen LogP contribution in [-0.4, -0.2) is 36.6 Å². The maximum absolute atomic E-state index is 11.5. The Kier molecular flexibility index (Phi) is 3.95. The van der Waals surface area contributed by atoms with Crippen LogP contribution >= 0.6 is 0 Å². The highest BCUT2D eigenvalue weighted by molar-refractivity contribution is 4.72. The Morgan fingerprint density at radius 2 is 1.83 bits per heavy atom. The molecule has 0 rings (SSSR count). The fraction of sp³-hybridized carbons (Fsp3) is 1.00. The van der Waals surface area contributed by atoms with E-state index in [1.807, 2.05) is 0 Å². The van der Waals surface area contributed by atoms with Crippen molar-refractivity contribution in [1.82, 2.24) is 0 Å². The summed E-state index contributed by atoms with van der Waals surface area (Å²) in [5, 5.41) is 9.10. The minimum atomic E-state index is -4.36. The summed E-state index contributed by atoms with van der Waals surface area (Å²) in [5.74, 6) is 0. The molecule has 3 N–H and O–H groups in total. The van der Waals surface area contributed by atoms with E-state index in [4.69, 9.17) is 10.8 Å². The van der Waals surface area contributed by atoms with Crippen molar-refractivity contribution in [1.29, 1.82) is 0 Å². The third-order valence-corrected chi connectivity index (χ3v) is 1.12. The number of hydrogen-bond donors (Lipinski definition) is 2. The van der Waals surface area contributed by atoms with Crippen LogP contribution in [0.3, 0.4) is 0 Å². The van der Waals surface area contributed by atoms with Gasteiger partial charge in [0.25, 0.3) is 0 Å². The molecule has 0 amide bonds. The van der Waals surface area contributed by atoms with Gasteiger partial charge in [0, 0.05) is 6.54 Å². The molecule has 0 spiro atoms. The minimum absolute atomic E-state index is 0.134. The lowest BCUT2D eigenvalue weighted by Crippen LogP contribution is -2.40. The van der Waals surface area contributed by atoms with Gasteiger partial charge in [0.15, 0.2) is 0 Å². The van der Waals surface area contributed by atoms with Crippen molar-refractivity contribution in [3.05, 3.63) is 0 Å². The first-order chi connectivity index (χ1) is 5.27.